The number of benzene rings is 1. The highest BCUT2D eigenvalue weighted by molar-refractivity contribution is 6.42. The zero-order valence-corrected chi connectivity index (χ0v) is 10.6. The molecule has 0 saturated carbocycles. The normalized spacial score (nSPS) is 13.8. The molecule has 0 aliphatic rings. The lowest BCUT2D eigenvalue weighted by atomic mass is 10.1. The minimum Gasteiger partial charge on any atom is -0.310 e. The van der Waals surface area contributed by atoms with Crippen LogP contribution in [-0.2, 0) is 0 Å². The molecule has 6 heteroatoms. The molecule has 0 aliphatic carbocycles. The lowest BCUT2D eigenvalue weighted by molar-refractivity contribution is -0.133. The predicted octanol–water partition coefficient (Wildman–Crippen LogP) is 4.60. The van der Waals surface area contributed by atoms with Crippen molar-refractivity contribution >= 4 is 23.2 Å². The second-order valence-electron chi connectivity index (χ2n) is 3.71. The molecule has 1 nitrogen and oxygen atoms in total. The molecule has 0 saturated heterocycles. The summed E-state index contributed by atoms with van der Waals surface area (Å²) in [6.07, 6.45) is -4.98. The Morgan fingerprint density at radius 3 is 2.41 bits per heavy atom. The molecule has 96 valence electrons. The summed E-state index contributed by atoms with van der Waals surface area (Å²) in [5, 5.41) is 3.61. The van der Waals surface area contributed by atoms with Crippen LogP contribution < -0.4 is 5.32 Å². The van der Waals surface area contributed by atoms with Crippen LogP contribution in [0.1, 0.15) is 24.9 Å². The number of nitrogens with one attached hydrogen (secondary N) is 1. The molecule has 17 heavy (non-hydrogen) atoms. The molecule has 1 N–H and O–H groups in total. The summed E-state index contributed by atoms with van der Waals surface area (Å²) in [5.41, 5.74) is 0.807. The fourth-order valence-corrected chi connectivity index (χ4v) is 1.64. The molecule has 1 aromatic carbocycles. The quantitative estimate of drug-likeness (QED) is 0.853. The van der Waals surface area contributed by atoms with Crippen LogP contribution in [0.3, 0.4) is 0 Å². The van der Waals surface area contributed by atoms with E-state index in [1.54, 1.807) is 25.1 Å². The molecule has 1 atom stereocenters. The second kappa shape index (κ2) is 5.94. The molecule has 0 radical (unpaired) electrons. The van der Waals surface area contributed by atoms with Crippen LogP contribution in [0.5, 0.6) is 0 Å². The maximum absolute atomic E-state index is 11.9. The molecular formula is C11H12Cl2F3N. The van der Waals surface area contributed by atoms with E-state index >= 15 is 0 Å². The van der Waals surface area contributed by atoms with Crippen LogP contribution >= 0.6 is 23.2 Å². The van der Waals surface area contributed by atoms with Crippen molar-refractivity contribution in [2.45, 2.75) is 25.6 Å². The molecule has 0 spiro atoms. The lowest BCUT2D eigenvalue weighted by Crippen LogP contribution is -2.24. The van der Waals surface area contributed by atoms with Gasteiger partial charge in [0, 0.05) is 12.6 Å². The van der Waals surface area contributed by atoms with Gasteiger partial charge in [-0.05, 0) is 24.6 Å². The van der Waals surface area contributed by atoms with Gasteiger partial charge < -0.3 is 5.32 Å². The van der Waals surface area contributed by atoms with E-state index in [1.807, 2.05) is 0 Å². The number of hydrogen-bond acceptors (Lipinski definition) is 1. The van der Waals surface area contributed by atoms with Gasteiger partial charge in [-0.3, -0.25) is 0 Å². The van der Waals surface area contributed by atoms with Crippen molar-refractivity contribution in [1.29, 1.82) is 0 Å². The van der Waals surface area contributed by atoms with E-state index in [0.29, 0.717) is 10.0 Å². The highest BCUT2D eigenvalue weighted by Gasteiger charge is 2.26. The van der Waals surface area contributed by atoms with Gasteiger partial charge in [0.15, 0.2) is 0 Å². The average molecular weight is 286 g/mol. The average Bonchev–Trinajstić information content (AvgIpc) is 2.20. The van der Waals surface area contributed by atoms with Gasteiger partial charge in [0.25, 0.3) is 0 Å². The van der Waals surface area contributed by atoms with Crippen LogP contribution in [0.15, 0.2) is 18.2 Å². The first-order valence-corrected chi connectivity index (χ1v) is 5.80. The van der Waals surface area contributed by atoms with E-state index in [9.17, 15) is 13.2 Å². The molecule has 1 rings (SSSR count). The Bertz CT molecular complexity index is 379. The number of halogens is 5. The van der Waals surface area contributed by atoms with Crippen molar-refractivity contribution in [3.05, 3.63) is 33.8 Å². The monoisotopic (exact) mass is 285 g/mol. The SMILES string of the molecule is CC(NCCC(F)(F)F)c1ccc(Cl)c(Cl)c1. The van der Waals surface area contributed by atoms with Crippen LogP contribution in [-0.4, -0.2) is 12.7 Å². The summed E-state index contributed by atoms with van der Waals surface area (Å²) in [4.78, 5) is 0. The van der Waals surface area contributed by atoms with Crippen molar-refractivity contribution in [1.82, 2.24) is 5.32 Å². The maximum Gasteiger partial charge on any atom is 0.390 e. The third-order valence-electron chi connectivity index (χ3n) is 2.30. The first-order chi connectivity index (χ1) is 7.79. The fraction of sp³-hybridized carbons (Fsp3) is 0.455. The van der Waals surface area contributed by atoms with Gasteiger partial charge in [-0.1, -0.05) is 29.3 Å². The Morgan fingerprint density at radius 1 is 1.24 bits per heavy atom. The zero-order valence-electron chi connectivity index (χ0n) is 9.11. The smallest absolute Gasteiger partial charge is 0.310 e. The van der Waals surface area contributed by atoms with Gasteiger partial charge in [-0.15, -0.1) is 0 Å². The third-order valence-corrected chi connectivity index (χ3v) is 3.04. The number of alkyl halides is 3. The lowest BCUT2D eigenvalue weighted by Gasteiger charge is -2.15. The summed E-state index contributed by atoms with van der Waals surface area (Å²) in [6.45, 7) is 1.65. The van der Waals surface area contributed by atoms with E-state index in [1.165, 1.54) is 0 Å². The Kier molecular flexibility index (Phi) is 5.10. The van der Waals surface area contributed by atoms with Crippen LogP contribution in [0, 0.1) is 0 Å². The standard InChI is InChI=1S/C11H12Cl2F3N/c1-7(17-5-4-11(14,15)16)8-2-3-9(12)10(13)6-8/h2-3,6-7,17H,4-5H2,1H3. The van der Waals surface area contributed by atoms with Gasteiger partial charge >= 0.3 is 6.18 Å². The summed E-state index contributed by atoms with van der Waals surface area (Å²) < 4.78 is 35.8. The molecule has 0 aliphatic heterocycles. The van der Waals surface area contributed by atoms with Crippen molar-refractivity contribution in [2.24, 2.45) is 0 Å². The van der Waals surface area contributed by atoms with Crippen molar-refractivity contribution < 1.29 is 13.2 Å². The topological polar surface area (TPSA) is 12.0 Å². The molecule has 1 aromatic rings. The van der Waals surface area contributed by atoms with Crippen molar-refractivity contribution in [3.8, 4) is 0 Å². The van der Waals surface area contributed by atoms with E-state index in [-0.39, 0.29) is 12.6 Å². The summed E-state index contributed by atoms with van der Waals surface area (Å²) >= 11 is 11.6. The minimum absolute atomic E-state index is 0.120. The highest BCUT2D eigenvalue weighted by atomic mass is 35.5. The van der Waals surface area contributed by atoms with E-state index in [2.05, 4.69) is 5.32 Å². The highest BCUT2D eigenvalue weighted by Crippen LogP contribution is 2.26. The van der Waals surface area contributed by atoms with Crippen LogP contribution in [0.2, 0.25) is 10.0 Å². The van der Waals surface area contributed by atoms with E-state index in [0.717, 1.165) is 5.56 Å². The Labute approximate surface area is 108 Å². The maximum atomic E-state index is 11.9. The summed E-state index contributed by atoms with van der Waals surface area (Å²) in [5.74, 6) is 0. The van der Waals surface area contributed by atoms with Gasteiger partial charge in [-0.2, -0.15) is 13.2 Å². The molecule has 0 fully saturated rings. The second-order valence-corrected chi connectivity index (χ2v) is 4.53. The number of hydrogen-bond donors (Lipinski definition) is 1. The Balaban J connectivity index is 2.52. The van der Waals surface area contributed by atoms with Crippen LogP contribution in [0.4, 0.5) is 13.2 Å². The first-order valence-electron chi connectivity index (χ1n) is 5.04. The zero-order chi connectivity index (χ0) is 13.1. The van der Waals surface area contributed by atoms with Gasteiger partial charge in [0.1, 0.15) is 0 Å². The van der Waals surface area contributed by atoms with Gasteiger partial charge in [0.05, 0.1) is 16.5 Å². The van der Waals surface area contributed by atoms with Crippen LogP contribution in [0.25, 0.3) is 0 Å². The van der Waals surface area contributed by atoms with E-state index < -0.39 is 12.6 Å². The van der Waals surface area contributed by atoms with Crippen molar-refractivity contribution in [2.75, 3.05) is 6.54 Å². The third kappa shape index (κ3) is 5.15. The Morgan fingerprint density at radius 2 is 1.88 bits per heavy atom. The molecular weight excluding hydrogens is 274 g/mol. The fourth-order valence-electron chi connectivity index (χ4n) is 1.33. The predicted molar refractivity (Wildman–Crippen MR) is 63.6 cm³/mol. The molecule has 0 amide bonds. The molecule has 0 heterocycles. The van der Waals surface area contributed by atoms with Gasteiger partial charge in [0.2, 0.25) is 0 Å². The summed E-state index contributed by atoms with van der Waals surface area (Å²) in [6, 6.07) is 4.81. The molecule has 0 aromatic heterocycles. The number of rotatable bonds is 4. The first kappa shape index (κ1) is 14.6. The van der Waals surface area contributed by atoms with Gasteiger partial charge in [-0.25, -0.2) is 0 Å². The Hall–Kier alpha value is -0.450. The van der Waals surface area contributed by atoms with Crippen molar-refractivity contribution in [3.63, 3.8) is 0 Å². The largest absolute Gasteiger partial charge is 0.390 e. The minimum atomic E-state index is -4.13. The molecule has 0 bridgehead atoms. The van der Waals surface area contributed by atoms with E-state index in [4.69, 9.17) is 23.2 Å². The molecule has 1 unspecified atom stereocenters. The summed E-state index contributed by atoms with van der Waals surface area (Å²) in [7, 11) is 0.